The number of nitrogens with zero attached hydrogens (tertiary/aromatic N) is 1. The maximum Gasteiger partial charge on any atom is 0.408 e. The lowest BCUT2D eigenvalue weighted by Crippen LogP contribution is -2.35. The summed E-state index contributed by atoms with van der Waals surface area (Å²) in [6, 6.07) is 6.81. The molecule has 9 heteroatoms. The number of nitrogens with one attached hydrogen (secondary N) is 2. The predicted molar refractivity (Wildman–Crippen MR) is 113 cm³/mol. The Labute approximate surface area is 172 Å². The van der Waals surface area contributed by atoms with Crippen molar-refractivity contribution in [3.05, 3.63) is 45.9 Å². The minimum absolute atomic E-state index is 0.323. The minimum Gasteiger partial charge on any atom is -0.444 e. The van der Waals surface area contributed by atoms with Crippen LogP contribution in [0.1, 0.15) is 56.4 Å². The van der Waals surface area contributed by atoms with E-state index in [2.05, 4.69) is 21.9 Å². The summed E-state index contributed by atoms with van der Waals surface area (Å²) < 4.78 is 27.6. The van der Waals surface area contributed by atoms with Gasteiger partial charge in [-0.25, -0.2) is 14.0 Å². The highest BCUT2D eigenvalue weighted by molar-refractivity contribution is 7.80. The van der Waals surface area contributed by atoms with Crippen LogP contribution < -0.4 is 10.0 Å². The molecular weight excluding hydrogens is 398 g/mol. The van der Waals surface area contributed by atoms with Crippen LogP contribution in [0.2, 0.25) is 0 Å². The zero-order valence-electron chi connectivity index (χ0n) is 16.5. The molecule has 1 unspecified atom stereocenters. The third-order valence-corrected chi connectivity index (χ3v) is 5.08. The van der Waals surface area contributed by atoms with Crippen LogP contribution in [0, 0.1) is 0 Å². The van der Waals surface area contributed by atoms with Gasteiger partial charge in [0.05, 0.1) is 11.7 Å². The summed E-state index contributed by atoms with van der Waals surface area (Å²) in [5, 5.41) is 5.77. The quantitative estimate of drug-likeness (QED) is 0.543. The molecule has 154 valence electrons. The van der Waals surface area contributed by atoms with E-state index in [1.54, 1.807) is 12.1 Å². The van der Waals surface area contributed by atoms with E-state index >= 15 is 0 Å². The molecule has 1 aromatic carbocycles. The van der Waals surface area contributed by atoms with Crippen molar-refractivity contribution in [1.82, 2.24) is 10.3 Å². The summed E-state index contributed by atoms with van der Waals surface area (Å²) in [5.74, 6) is 0. The van der Waals surface area contributed by atoms with Gasteiger partial charge in [-0.2, -0.15) is 0 Å². The number of rotatable bonds is 8. The lowest BCUT2D eigenvalue weighted by atomic mass is 10.1. The standard InChI is InChI=1S/C19H27N3O4S2/c1-5-6-15-12-27-17(20-15)16(21-18(23)26-19(2,3)4)11-13-7-9-14(10-8-13)22-28(24)25/h7-10,12,16,22H,5-6,11H2,1-4H3,(H,21,23)(H,24,25)/t16-/m0/s1. The first-order chi connectivity index (χ1) is 13.2. The van der Waals surface area contributed by atoms with Gasteiger partial charge in [0.1, 0.15) is 10.6 Å². The molecule has 2 rings (SSSR count). The smallest absolute Gasteiger partial charge is 0.408 e. The van der Waals surface area contributed by atoms with Crippen molar-refractivity contribution in [2.24, 2.45) is 0 Å². The molecule has 0 saturated carbocycles. The average Bonchev–Trinajstić information content (AvgIpc) is 3.03. The van der Waals surface area contributed by atoms with Crippen molar-refractivity contribution >= 4 is 34.4 Å². The molecule has 0 aliphatic rings. The molecule has 0 bridgehead atoms. The Balaban J connectivity index is 2.17. The summed E-state index contributed by atoms with van der Waals surface area (Å²) in [6.45, 7) is 7.56. The van der Waals surface area contributed by atoms with Crippen molar-refractivity contribution in [3.8, 4) is 0 Å². The van der Waals surface area contributed by atoms with E-state index in [0.717, 1.165) is 29.1 Å². The highest BCUT2D eigenvalue weighted by atomic mass is 32.2. The number of anilines is 1. The molecule has 7 nitrogen and oxygen atoms in total. The van der Waals surface area contributed by atoms with Crippen LogP contribution in [0.3, 0.4) is 0 Å². The number of carbonyl (C=O) groups excluding carboxylic acids is 1. The number of carbonyl (C=O) groups is 1. The number of alkyl carbamates (subject to hydrolysis) is 1. The molecular formula is C19H27N3O4S2. The second-order valence-electron chi connectivity index (χ2n) is 7.38. The van der Waals surface area contributed by atoms with E-state index in [1.165, 1.54) is 11.3 Å². The van der Waals surface area contributed by atoms with Gasteiger partial charge < -0.3 is 10.1 Å². The molecule has 0 aliphatic carbocycles. The number of aryl methyl sites for hydroxylation is 1. The SMILES string of the molecule is CCCc1csc([C@H](Cc2ccc(NS(=O)O)cc2)NC(=O)OC(C)(C)C)n1. The summed E-state index contributed by atoms with van der Waals surface area (Å²) in [7, 11) is 0. The Morgan fingerprint density at radius 2 is 2.00 bits per heavy atom. The number of hydrogen-bond donors (Lipinski definition) is 3. The largest absolute Gasteiger partial charge is 0.444 e. The fraction of sp³-hybridized carbons (Fsp3) is 0.474. The second-order valence-corrected chi connectivity index (χ2v) is 8.97. The molecule has 2 atom stereocenters. The third-order valence-electron chi connectivity index (χ3n) is 3.66. The van der Waals surface area contributed by atoms with E-state index < -0.39 is 23.0 Å². The minimum atomic E-state index is -2.11. The van der Waals surface area contributed by atoms with Crippen molar-refractivity contribution in [2.45, 2.75) is 58.6 Å². The van der Waals surface area contributed by atoms with Crippen LogP contribution in [-0.2, 0) is 28.8 Å². The highest BCUT2D eigenvalue weighted by Crippen LogP contribution is 2.24. The van der Waals surface area contributed by atoms with E-state index in [4.69, 9.17) is 9.29 Å². The molecule has 0 aliphatic heterocycles. The fourth-order valence-corrected chi connectivity index (χ4v) is 3.79. The monoisotopic (exact) mass is 425 g/mol. The number of thiazole rings is 1. The Morgan fingerprint density at radius 1 is 1.32 bits per heavy atom. The van der Waals surface area contributed by atoms with E-state index in [0.29, 0.717) is 12.1 Å². The van der Waals surface area contributed by atoms with Gasteiger partial charge in [0.15, 0.2) is 0 Å². The zero-order chi connectivity index (χ0) is 20.7. The Bertz CT molecular complexity index is 800. The van der Waals surface area contributed by atoms with Crippen LogP contribution in [-0.4, -0.2) is 25.4 Å². The van der Waals surface area contributed by atoms with Crippen LogP contribution in [0.15, 0.2) is 29.6 Å². The van der Waals surface area contributed by atoms with Crippen LogP contribution in [0.25, 0.3) is 0 Å². The molecule has 1 aromatic heterocycles. The molecule has 2 aromatic rings. The maximum atomic E-state index is 12.3. The van der Waals surface area contributed by atoms with Gasteiger partial charge >= 0.3 is 6.09 Å². The first-order valence-electron chi connectivity index (χ1n) is 9.06. The Morgan fingerprint density at radius 3 is 2.57 bits per heavy atom. The molecule has 3 N–H and O–H groups in total. The summed E-state index contributed by atoms with van der Waals surface area (Å²) >= 11 is -0.591. The molecule has 0 radical (unpaired) electrons. The van der Waals surface area contributed by atoms with E-state index in [9.17, 15) is 9.00 Å². The van der Waals surface area contributed by atoms with Crippen molar-refractivity contribution in [3.63, 3.8) is 0 Å². The number of hydrogen-bond acceptors (Lipinski definition) is 5. The fourth-order valence-electron chi connectivity index (χ4n) is 2.55. The van der Waals surface area contributed by atoms with Gasteiger partial charge in [0, 0.05) is 11.1 Å². The molecule has 0 fully saturated rings. The number of amides is 1. The normalized spacial score (nSPS) is 13.6. The second kappa shape index (κ2) is 9.99. The van der Waals surface area contributed by atoms with Crippen LogP contribution in [0.4, 0.5) is 10.5 Å². The van der Waals surface area contributed by atoms with Gasteiger partial charge in [-0.1, -0.05) is 25.5 Å². The first-order valence-corrected chi connectivity index (χ1v) is 11.0. The average molecular weight is 426 g/mol. The lowest BCUT2D eigenvalue weighted by molar-refractivity contribution is 0.0503. The van der Waals surface area contributed by atoms with Crippen molar-refractivity contribution in [1.29, 1.82) is 0 Å². The number of ether oxygens (including phenoxy) is 1. The molecule has 1 amide bonds. The third kappa shape index (κ3) is 7.57. The molecule has 0 saturated heterocycles. The van der Waals surface area contributed by atoms with Crippen molar-refractivity contribution < 1.29 is 18.3 Å². The molecule has 1 heterocycles. The van der Waals surface area contributed by atoms with Gasteiger partial charge in [-0.3, -0.25) is 9.27 Å². The molecule has 0 spiro atoms. The van der Waals surface area contributed by atoms with E-state index in [1.807, 2.05) is 38.3 Å². The van der Waals surface area contributed by atoms with Gasteiger partial charge in [0.25, 0.3) is 11.3 Å². The van der Waals surface area contributed by atoms with Crippen LogP contribution in [0.5, 0.6) is 0 Å². The predicted octanol–water partition coefficient (Wildman–Crippen LogP) is 4.45. The number of aromatic nitrogens is 1. The first kappa shape index (κ1) is 22.3. The number of benzene rings is 1. The lowest BCUT2D eigenvalue weighted by Gasteiger charge is -2.23. The zero-order valence-corrected chi connectivity index (χ0v) is 18.2. The summed E-state index contributed by atoms with van der Waals surface area (Å²) in [4.78, 5) is 17.0. The highest BCUT2D eigenvalue weighted by Gasteiger charge is 2.23. The van der Waals surface area contributed by atoms with Crippen LogP contribution >= 0.6 is 11.3 Å². The Kier molecular flexibility index (Phi) is 7.97. The summed E-state index contributed by atoms with van der Waals surface area (Å²) in [6.07, 6.45) is 1.95. The topological polar surface area (TPSA) is 101 Å². The maximum absolute atomic E-state index is 12.3. The van der Waals surface area contributed by atoms with Gasteiger partial charge in [-0.05, 0) is 51.3 Å². The van der Waals surface area contributed by atoms with Gasteiger partial charge in [-0.15, -0.1) is 11.3 Å². The molecule has 28 heavy (non-hydrogen) atoms. The van der Waals surface area contributed by atoms with Gasteiger partial charge in [0.2, 0.25) is 0 Å². The summed E-state index contributed by atoms with van der Waals surface area (Å²) in [5.41, 5.74) is 1.93. The van der Waals surface area contributed by atoms with Crippen molar-refractivity contribution in [2.75, 3.05) is 4.72 Å². The Hall–Kier alpha value is -1.97. The van der Waals surface area contributed by atoms with E-state index in [-0.39, 0.29) is 6.04 Å².